The Morgan fingerprint density at radius 2 is 1.51 bits per heavy atom. The molecule has 8 heteroatoms. The zero-order chi connectivity index (χ0) is 27.6. The van der Waals surface area contributed by atoms with Crippen LogP contribution in [0.15, 0.2) is 72.8 Å². The number of nitrogens with zero attached hydrogens (tertiary/aromatic N) is 1. The fourth-order valence-corrected chi connectivity index (χ4v) is 4.93. The molecule has 0 saturated heterocycles. The maximum absolute atomic E-state index is 13.8. The van der Waals surface area contributed by atoms with Gasteiger partial charge in [-0.3, -0.25) is 9.59 Å². The number of halogens is 1. The maximum atomic E-state index is 13.8. The molecule has 206 valence electrons. The number of hydrogen-bond donors (Lipinski definition) is 1. The highest BCUT2D eigenvalue weighted by Crippen LogP contribution is 2.28. The average molecular weight is 551 g/mol. The van der Waals surface area contributed by atoms with Crippen molar-refractivity contribution in [3.63, 3.8) is 0 Å². The van der Waals surface area contributed by atoms with E-state index in [9.17, 15) is 9.59 Å². The minimum absolute atomic E-state index is 0.128. The number of carbonyl (C=O) groups is 2. The van der Waals surface area contributed by atoms with Crippen molar-refractivity contribution in [2.45, 2.75) is 50.7 Å². The number of benzene rings is 3. The Morgan fingerprint density at radius 3 is 2.13 bits per heavy atom. The molecular weight excluding hydrogens is 516 g/mol. The van der Waals surface area contributed by atoms with Crippen molar-refractivity contribution in [2.75, 3.05) is 20.8 Å². The summed E-state index contributed by atoms with van der Waals surface area (Å²) in [4.78, 5) is 29.1. The van der Waals surface area contributed by atoms with Crippen molar-refractivity contribution < 1.29 is 23.8 Å². The van der Waals surface area contributed by atoms with Gasteiger partial charge in [-0.05, 0) is 36.1 Å². The van der Waals surface area contributed by atoms with Crippen molar-refractivity contribution in [3.05, 3.63) is 88.9 Å². The van der Waals surface area contributed by atoms with Gasteiger partial charge in [-0.15, -0.1) is 0 Å². The van der Waals surface area contributed by atoms with Gasteiger partial charge in [0.1, 0.15) is 23.3 Å². The lowest BCUT2D eigenvalue weighted by atomic mass is 10.0. The third-order valence-electron chi connectivity index (χ3n) is 6.93. The molecule has 1 N–H and O–H groups in total. The van der Waals surface area contributed by atoms with E-state index in [1.807, 2.05) is 42.5 Å². The highest BCUT2D eigenvalue weighted by atomic mass is 35.5. The van der Waals surface area contributed by atoms with E-state index < -0.39 is 6.04 Å². The van der Waals surface area contributed by atoms with E-state index in [-0.39, 0.29) is 31.0 Å². The molecule has 1 aliphatic carbocycles. The molecule has 39 heavy (non-hydrogen) atoms. The molecule has 1 atom stereocenters. The molecule has 1 saturated carbocycles. The largest absolute Gasteiger partial charge is 0.496 e. The highest BCUT2D eigenvalue weighted by Gasteiger charge is 2.32. The van der Waals surface area contributed by atoms with E-state index in [1.54, 1.807) is 49.5 Å². The molecule has 1 unspecified atom stereocenters. The van der Waals surface area contributed by atoms with Crippen LogP contribution in [0.3, 0.4) is 0 Å². The summed E-state index contributed by atoms with van der Waals surface area (Å²) in [7, 11) is 3.10. The van der Waals surface area contributed by atoms with Crippen LogP contribution in [0.2, 0.25) is 5.02 Å². The lowest BCUT2D eigenvalue weighted by molar-refractivity contribution is -0.143. The van der Waals surface area contributed by atoms with Crippen molar-refractivity contribution in [3.8, 4) is 17.2 Å². The molecule has 3 aromatic carbocycles. The van der Waals surface area contributed by atoms with Crippen molar-refractivity contribution in [1.29, 1.82) is 0 Å². The molecule has 1 aliphatic rings. The Labute approximate surface area is 235 Å². The first-order valence-electron chi connectivity index (χ1n) is 13.2. The maximum Gasteiger partial charge on any atom is 0.261 e. The molecule has 0 heterocycles. The molecule has 0 spiro atoms. The Kier molecular flexibility index (Phi) is 10.1. The van der Waals surface area contributed by atoms with E-state index in [2.05, 4.69) is 5.32 Å². The van der Waals surface area contributed by atoms with E-state index in [4.69, 9.17) is 25.8 Å². The van der Waals surface area contributed by atoms with Crippen molar-refractivity contribution in [1.82, 2.24) is 10.2 Å². The topological polar surface area (TPSA) is 77.1 Å². The third kappa shape index (κ3) is 8.14. The van der Waals surface area contributed by atoms with E-state index in [0.29, 0.717) is 28.7 Å². The minimum Gasteiger partial charge on any atom is -0.496 e. The minimum atomic E-state index is -0.723. The molecule has 1 fully saturated rings. The number of hydrogen-bond acceptors (Lipinski definition) is 5. The van der Waals surface area contributed by atoms with E-state index >= 15 is 0 Å². The first-order chi connectivity index (χ1) is 18.9. The molecule has 0 radical (unpaired) electrons. The fourth-order valence-electron chi connectivity index (χ4n) is 4.80. The Balaban J connectivity index is 1.61. The van der Waals surface area contributed by atoms with Gasteiger partial charge in [-0.1, -0.05) is 66.9 Å². The summed E-state index contributed by atoms with van der Waals surface area (Å²) in [6, 6.07) is 21.6. The Bertz CT molecular complexity index is 1210. The van der Waals surface area contributed by atoms with Crippen LogP contribution in [-0.4, -0.2) is 49.6 Å². The number of carbonyl (C=O) groups excluding carboxylic acids is 2. The van der Waals surface area contributed by atoms with Gasteiger partial charge in [0, 0.05) is 42.2 Å². The molecule has 3 aromatic rings. The summed E-state index contributed by atoms with van der Waals surface area (Å²) in [5.41, 5.74) is 1.83. The first-order valence-corrected chi connectivity index (χ1v) is 13.6. The average Bonchev–Trinajstić information content (AvgIpc) is 3.48. The number of amides is 2. The zero-order valence-corrected chi connectivity index (χ0v) is 23.2. The summed E-state index contributed by atoms with van der Waals surface area (Å²) in [5, 5.41) is 3.81. The standard InChI is InChI=1S/C31H35ClN2O5/c1-37-26-17-27(38-2)19-28(18-26)39-21-30(35)34(20-23-12-14-24(32)15-13-23)29(16-22-8-4-3-5-9-22)31(36)33-25-10-6-7-11-25/h3-5,8-9,12-15,17-19,25,29H,6-7,10-11,16,20-21H2,1-2H3,(H,33,36). The van der Waals surface area contributed by atoms with Crippen LogP contribution in [0.4, 0.5) is 0 Å². The second-order valence-corrected chi connectivity index (χ2v) is 10.1. The lowest BCUT2D eigenvalue weighted by Gasteiger charge is -2.32. The van der Waals surface area contributed by atoms with Crippen LogP contribution in [0.25, 0.3) is 0 Å². The van der Waals surface area contributed by atoms with Gasteiger partial charge >= 0.3 is 0 Å². The molecule has 4 rings (SSSR count). The normalized spacial score (nSPS) is 13.9. The first kappa shape index (κ1) is 28.3. The molecule has 0 bridgehead atoms. The van der Waals surface area contributed by atoms with Gasteiger partial charge in [0.15, 0.2) is 6.61 Å². The Morgan fingerprint density at radius 1 is 0.897 bits per heavy atom. The zero-order valence-electron chi connectivity index (χ0n) is 22.4. The summed E-state index contributed by atoms with van der Waals surface area (Å²) in [6.45, 7) is -0.0255. The van der Waals surface area contributed by atoms with Gasteiger partial charge in [-0.25, -0.2) is 0 Å². The highest BCUT2D eigenvalue weighted by molar-refractivity contribution is 6.30. The van der Waals surface area contributed by atoms with Gasteiger partial charge < -0.3 is 24.4 Å². The lowest BCUT2D eigenvalue weighted by Crippen LogP contribution is -2.53. The van der Waals surface area contributed by atoms with Crippen LogP contribution in [0.5, 0.6) is 17.2 Å². The summed E-state index contributed by atoms with van der Waals surface area (Å²) >= 11 is 6.11. The molecule has 2 amide bonds. The monoisotopic (exact) mass is 550 g/mol. The summed E-state index contributed by atoms with van der Waals surface area (Å²) in [6.07, 6.45) is 4.48. The molecule has 7 nitrogen and oxygen atoms in total. The second kappa shape index (κ2) is 13.9. The van der Waals surface area contributed by atoms with Gasteiger partial charge in [0.05, 0.1) is 14.2 Å². The number of methoxy groups -OCH3 is 2. The van der Waals surface area contributed by atoms with Crippen molar-refractivity contribution >= 4 is 23.4 Å². The second-order valence-electron chi connectivity index (χ2n) is 9.68. The quantitative estimate of drug-likeness (QED) is 0.325. The third-order valence-corrected chi connectivity index (χ3v) is 7.18. The number of nitrogens with one attached hydrogen (secondary N) is 1. The van der Waals surface area contributed by atoms with Gasteiger partial charge in [-0.2, -0.15) is 0 Å². The number of ether oxygens (including phenoxy) is 3. The summed E-state index contributed by atoms with van der Waals surface area (Å²) in [5.74, 6) is 1.06. The van der Waals surface area contributed by atoms with E-state index in [0.717, 1.165) is 36.8 Å². The molecule has 0 aliphatic heterocycles. The SMILES string of the molecule is COc1cc(OC)cc(OCC(=O)N(Cc2ccc(Cl)cc2)C(Cc2ccccc2)C(=O)NC2CCCC2)c1. The smallest absolute Gasteiger partial charge is 0.261 e. The van der Waals surface area contributed by atoms with Crippen LogP contribution >= 0.6 is 11.6 Å². The predicted octanol–water partition coefficient (Wildman–Crippen LogP) is 5.43. The predicted molar refractivity (Wildman–Crippen MR) is 151 cm³/mol. The van der Waals surface area contributed by atoms with Crippen molar-refractivity contribution in [2.24, 2.45) is 0 Å². The molecular formula is C31H35ClN2O5. The van der Waals surface area contributed by atoms with Gasteiger partial charge in [0.25, 0.3) is 5.91 Å². The summed E-state index contributed by atoms with van der Waals surface area (Å²) < 4.78 is 16.5. The fraction of sp³-hybridized carbons (Fsp3) is 0.355. The van der Waals surface area contributed by atoms with E-state index in [1.165, 1.54) is 0 Å². The van der Waals surface area contributed by atoms with Crippen LogP contribution in [0, 0.1) is 0 Å². The van der Waals surface area contributed by atoms with Crippen LogP contribution < -0.4 is 19.5 Å². The van der Waals surface area contributed by atoms with Crippen LogP contribution in [0.1, 0.15) is 36.8 Å². The molecule has 0 aromatic heterocycles. The van der Waals surface area contributed by atoms with Gasteiger partial charge in [0.2, 0.25) is 5.91 Å². The van der Waals surface area contributed by atoms with Crippen LogP contribution in [-0.2, 0) is 22.6 Å². The Hall–Kier alpha value is -3.71. The number of rotatable bonds is 12.